The van der Waals surface area contributed by atoms with E-state index in [9.17, 15) is 4.79 Å². The molecule has 0 bridgehead atoms. The van der Waals surface area contributed by atoms with Gasteiger partial charge in [-0.2, -0.15) is 0 Å². The predicted octanol–water partition coefficient (Wildman–Crippen LogP) is 4.25. The molecule has 32 heavy (non-hydrogen) atoms. The number of nitrogens with zero attached hydrogens (tertiary/aromatic N) is 2. The highest BCUT2D eigenvalue weighted by atomic mass is 32.1. The molecule has 3 aromatic rings. The van der Waals surface area contributed by atoms with Crippen LogP contribution in [0.15, 0.2) is 42.5 Å². The summed E-state index contributed by atoms with van der Waals surface area (Å²) in [4.78, 5) is 19.2. The number of carbonyl (C=O) groups is 1. The number of fused-ring (bicyclic) bond motifs is 1. The summed E-state index contributed by atoms with van der Waals surface area (Å²) in [5.41, 5.74) is 2.09. The van der Waals surface area contributed by atoms with Crippen molar-refractivity contribution in [3.8, 4) is 11.5 Å². The van der Waals surface area contributed by atoms with E-state index in [0.29, 0.717) is 37.6 Å². The Morgan fingerprint density at radius 3 is 2.97 bits per heavy atom. The van der Waals surface area contributed by atoms with Gasteiger partial charge in [0.25, 0.3) is 0 Å². The van der Waals surface area contributed by atoms with Crippen molar-refractivity contribution >= 4 is 32.6 Å². The maximum absolute atomic E-state index is 12.6. The summed E-state index contributed by atoms with van der Waals surface area (Å²) < 4.78 is 18.3. The van der Waals surface area contributed by atoms with Gasteiger partial charge in [-0.25, -0.2) is 4.98 Å². The summed E-state index contributed by atoms with van der Waals surface area (Å²) >= 11 is 1.63. The number of hydrogen-bond donors (Lipinski definition) is 1. The minimum absolute atomic E-state index is 0.141. The van der Waals surface area contributed by atoms with E-state index in [0.717, 1.165) is 40.4 Å². The second-order valence-electron chi connectivity index (χ2n) is 8.13. The first-order valence-corrected chi connectivity index (χ1v) is 11.8. The Balaban J connectivity index is 1.20. The monoisotopic (exact) mass is 453 g/mol. The normalized spacial score (nSPS) is 20.8. The van der Waals surface area contributed by atoms with E-state index in [1.54, 1.807) is 18.4 Å². The van der Waals surface area contributed by atoms with Gasteiger partial charge >= 0.3 is 0 Å². The molecule has 1 unspecified atom stereocenters. The first-order chi connectivity index (χ1) is 15.7. The van der Waals surface area contributed by atoms with E-state index < -0.39 is 0 Å². The zero-order chi connectivity index (χ0) is 21.9. The number of methoxy groups -OCH3 is 1. The van der Waals surface area contributed by atoms with Gasteiger partial charge in [0.05, 0.1) is 23.9 Å². The Morgan fingerprint density at radius 2 is 2.16 bits per heavy atom. The molecule has 0 spiro atoms. The van der Waals surface area contributed by atoms with Crippen LogP contribution in [0.2, 0.25) is 0 Å². The molecule has 1 N–H and O–H groups in total. The molecule has 8 heteroatoms. The number of para-hydroxylation sites is 1. The van der Waals surface area contributed by atoms with Gasteiger partial charge < -0.3 is 24.4 Å². The summed E-state index contributed by atoms with van der Waals surface area (Å²) in [7, 11) is 1.64. The van der Waals surface area contributed by atoms with Crippen molar-refractivity contribution in [2.24, 2.45) is 0 Å². The number of thiazole rings is 1. The van der Waals surface area contributed by atoms with Gasteiger partial charge in [0, 0.05) is 38.4 Å². The van der Waals surface area contributed by atoms with Gasteiger partial charge in [-0.3, -0.25) is 4.79 Å². The number of nitrogens with one attached hydrogen (secondary N) is 1. The van der Waals surface area contributed by atoms with E-state index in [2.05, 4.69) is 16.4 Å². The molecule has 2 fully saturated rings. The number of likely N-dealkylation sites (tertiary alicyclic amines) is 1. The SMILES string of the molecule is COc1ccc([C@@H]2CC(=O)N(CCNc3nc4ccccc4s3)C2)cc1OC1CCCO1. The van der Waals surface area contributed by atoms with E-state index in [1.807, 2.05) is 41.3 Å². The molecule has 0 aliphatic carbocycles. The molecule has 3 heterocycles. The Kier molecular flexibility index (Phi) is 6.14. The number of carbonyl (C=O) groups excluding carboxylic acids is 1. The van der Waals surface area contributed by atoms with E-state index in [4.69, 9.17) is 14.2 Å². The number of hydrogen-bond acceptors (Lipinski definition) is 7. The molecule has 1 aromatic heterocycles. The van der Waals surface area contributed by atoms with Crippen molar-refractivity contribution < 1.29 is 19.0 Å². The molecule has 0 saturated carbocycles. The summed E-state index contributed by atoms with van der Waals surface area (Å²) in [5.74, 6) is 1.69. The molecule has 2 saturated heterocycles. The highest BCUT2D eigenvalue weighted by molar-refractivity contribution is 7.22. The molecule has 168 valence electrons. The number of rotatable bonds is 8. The summed E-state index contributed by atoms with van der Waals surface area (Å²) in [6.07, 6.45) is 2.16. The van der Waals surface area contributed by atoms with Gasteiger partial charge in [0.15, 0.2) is 22.9 Å². The lowest BCUT2D eigenvalue weighted by molar-refractivity contribution is -0.127. The van der Waals surface area contributed by atoms with Crippen LogP contribution in [0.3, 0.4) is 0 Å². The van der Waals surface area contributed by atoms with Crippen LogP contribution in [-0.4, -0.2) is 55.4 Å². The largest absolute Gasteiger partial charge is 0.493 e. The van der Waals surface area contributed by atoms with Crippen molar-refractivity contribution in [1.82, 2.24) is 9.88 Å². The van der Waals surface area contributed by atoms with Crippen molar-refractivity contribution in [2.45, 2.75) is 31.5 Å². The molecular formula is C24H27N3O4S. The first kappa shape index (κ1) is 21.0. The standard InChI is InChI=1S/C24H27N3O4S/c1-29-19-9-8-16(13-20(19)31-23-7-4-12-30-23)17-14-22(28)27(15-17)11-10-25-24-26-18-5-2-3-6-21(18)32-24/h2-3,5-6,8-9,13,17,23H,4,7,10-12,14-15H2,1H3,(H,25,26)/t17-,23?/m1/s1. The summed E-state index contributed by atoms with van der Waals surface area (Å²) in [6, 6.07) is 14.0. The van der Waals surface area contributed by atoms with E-state index >= 15 is 0 Å². The third-order valence-corrected chi connectivity index (χ3v) is 6.97. The van der Waals surface area contributed by atoms with E-state index in [-0.39, 0.29) is 18.1 Å². The maximum atomic E-state index is 12.6. The maximum Gasteiger partial charge on any atom is 0.223 e. The first-order valence-electron chi connectivity index (χ1n) is 11.0. The van der Waals surface area contributed by atoms with Crippen LogP contribution in [0.1, 0.15) is 30.7 Å². The van der Waals surface area contributed by atoms with Crippen molar-refractivity contribution in [3.05, 3.63) is 48.0 Å². The number of amides is 1. The second kappa shape index (κ2) is 9.34. The van der Waals surface area contributed by atoms with Gasteiger partial charge in [0.2, 0.25) is 5.91 Å². The lowest BCUT2D eigenvalue weighted by atomic mass is 9.98. The molecule has 2 aromatic carbocycles. The highest BCUT2D eigenvalue weighted by Crippen LogP contribution is 2.36. The number of benzene rings is 2. The molecule has 7 nitrogen and oxygen atoms in total. The van der Waals surface area contributed by atoms with Crippen LogP contribution < -0.4 is 14.8 Å². The molecule has 5 rings (SSSR count). The van der Waals surface area contributed by atoms with Crippen molar-refractivity contribution in [2.75, 3.05) is 38.7 Å². The fourth-order valence-corrected chi connectivity index (χ4v) is 5.17. The Morgan fingerprint density at radius 1 is 1.25 bits per heavy atom. The minimum Gasteiger partial charge on any atom is -0.493 e. The van der Waals surface area contributed by atoms with Crippen LogP contribution >= 0.6 is 11.3 Å². The van der Waals surface area contributed by atoms with Crippen LogP contribution in [0.4, 0.5) is 5.13 Å². The van der Waals surface area contributed by atoms with Gasteiger partial charge in [-0.05, 0) is 36.2 Å². The van der Waals surface area contributed by atoms with Gasteiger partial charge in [-0.15, -0.1) is 0 Å². The molecule has 2 aliphatic rings. The van der Waals surface area contributed by atoms with Crippen molar-refractivity contribution in [1.29, 1.82) is 0 Å². The van der Waals surface area contributed by atoms with Crippen LogP contribution in [0.5, 0.6) is 11.5 Å². The lowest BCUT2D eigenvalue weighted by Crippen LogP contribution is -2.30. The van der Waals surface area contributed by atoms with Crippen LogP contribution in [-0.2, 0) is 9.53 Å². The molecular weight excluding hydrogens is 426 g/mol. The molecule has 2 atom stereocenters. The Bertz CT molecular complexity index is 1060. The lowest BCUT2D eigenvalue weighted by Gasteiger charge is -2.19. The third-order valence-electron chi connectivity index (χ3n) is 5.97. The minimum atomic E-state index is -0.227. The van der Waals surface area contributed by atoms with Crippen LogP contribution in [0.25, 0.3) is 10.2 Å². The average Bonchev–Trinajstić information content (AvgIpc) is 3.54. The van der Waals surface area contributed by atoms with Crippen molar-refractivity contribution in [3.63, 3.8) is 0 Å². The number of aromatic nitrogens is 1. The fraction of sp³-hybridized carbons (Fsp3) is 0.417. The number of anilines is 1. The topological polar surface area (TPSA) is 72.9 Å². The number of ether oxygens (including phenoxy) is 3. The third kappa shape index (κ3) is 4.52. The Labute approximate surface area is 191 Å². The zero-order valence-electron chi connectivity index (χ0n) is 18.1. The molecule has 1 amide bonds. The highest BCUT2D eigenvalue weighted by Gasteiger charge is 2.31. The van der Waals surface area contributed by atoms with Gasteiger partial charge in [-0.1, -0.05) is 29.5 Å². The summed E-state index contributed by atoms with van der Waals surface area (Å²) in [5, 5.41) is 4.25. The second-order valence-corrected chi connectivity index (χ2v) is 9.16. The van der Waals surface area contributed by atoms with Gasteiger partial charge in [0.1, 0.15) is 0 Å². The molecule has 0 radical (unpaired) electrons. The van der Waals surface area contributed by atoms with Crippen LogP contribution in [0, 0.1) is 0 Å². The quantitative estimate of drug-likeness (QED) is 0.550. The summed E-state index contributed by atoms with van der Waals surface area (Å²) in [6.45, 7) is 2.75. The molecule has 2 aliphatic heterocycles. The van der Waals surface area contributed by atoms with E-state index in [1.165, 1.54) is 0 Å². The zero-order valence-corrected chi connectivity index (χ0v) is 18.9. The average molecular weight is 454 g/mol. The predicted molar refractivity (Wildman–Crippen MR) is 125 cm³/mol. The fourth-order valence-electron chi connectivity index (χ4n) is 4.28. The smallest absolute Gasteiger partial charge is 0.223 e. The Hall–Kier alpha value is -2.84.